The lowest BCUT2D eigenvalue weighted by atomic mass is 10.0. The third kappa shape index (κ3) is 1.93. The van der Waals surface area contributed by atoms with Crippen LogP contribution < -0.4 is 0 Å². The number of fused-ring (bicyclic) bond motifs is 1. The number of carbonyl (C=O) groups is 1. The third-order valence-electron chi connectivity index (χ3n) is 3.35. The van der Waals surface area contributed by atoms with E-state index in [0.717, 1.165) is 17.5 Å². The summed E-state index contributed by atoms with van der Waals surface area (Å²) in [4.78, 5) is 15.2. The first-order valence-electron chi connectivity index (χ1n) is 6.19. The summed E-state index contributed by atoms with van der Waals surface area (Å²) in [5.74, 6) is 0. The second-order valence-corrected chi connectivity index (χ2v) is 4.77. The third-order valence-corrected chi connectivity index (χ3v) is 3.35. The molecule has 0 aliphatic rings. The second-order valence-electron chi connectivity index (χ2n) is 4.77. The molecule has 2 heterocycles. The van der Waals surface area contributed by atoms with E-state index in [1.807, 2.05) is 22.7 Å². The first-order valence-corrected chi connectivity index (χ1v) is 6.19. The molecule has 0 bridgehead atoms. The molecule has 0 atom stereocenters. The monoisotopic (exact) mass is 250 g/mol. The first kappa shape index (κ1) is 11.7. The zero-order chi connectivity index (χ0) is 13.4. The molecule has 0 saturated heterocycles. The Balaban J connectivity index is 2.22. The van der Waals surface area contributed by atoms with Crippen molar-refractivity contribution in [3.63, 3.8) is 0 Å². The van der Waals surface area contributed by atoms with Gasteiger partial charge in [-0.2, -0.15) is 0 Å². The Kier molecular flexibility index (Phi) is 2.67. The maximum absolute atomic E-state index is 11.0. The highest BCUT2D eigenvalue weighted by Gasteiger charge is 2.06. The highest BCUT2D eigenvalue weighted by atomic mass is 16.1. The van der Waals surface area contributed by atoms with E-state index in [0.29, 0.717) is 5.69 Å². The fourth-order valence-corrected chi connectivity index (χ4v) is 2.38. The van der Waals surface area contributed by atoms with Gasteiger partial charge >= 0.3 is 0 Å². The predicted molar refractivity (Wildman–Crippen MR) is 75.5 cm³/mol. The van der Waals surface area contributed by atoms with Crippen LogP contribution in [0.4, 0.5) is 0 Å². The Bertz CT molecular complexity index is 772. The Hall–Kier alpha value is -2.42. The van der Waals surface area contributed by atoms with Gasteiger partial charge in [0.25, 0.3) is 0 Å². The summed E-state index contributed by atoms with van der Waals surface area (Å²) in [6, 6.07) is 10.3. The van der Waals surface area contributed by atoms with E-state index >= 15 is 0 Å². The number of rotatable bonds is 2. The Labute approximate surface area is 111 Å². The van der Waals surface area contributed by atoms with Gasteiger partial charge in [0.15, 0.2) is 6.29 Å². The average Bonchev–Trinajstić information content (AvgIpc) is 2.80. The van der Waals surface area contributed by atoms with Gasteiger partial charge < -0.3 is 0 Å². The molecule has 3 aromatic rings. The van der Waals surface area contributed by atoms with Crippen molar-refractivity contribution >= 4 is 11.9 Å². The van der Waals surface area contributed by atoms with Crippen LogP contribution >= 0.6 is 0 Å². The van der Waals surface area contributed by atoms with Crippen LogP contribution in [0.15, 0.2) is 42.7 Å². The molecule has 94 valence electrons. The van der Waals surface area contributed by atoms with Gasteiger partial charge in [0.1, 0.15) is 11.3 Å². The number of hydrogen-bond acceptors (Lipinski definition) is 2. The van der Waals surface area contributed by atoms with E-state index in [2.05, 4.69) is 37.0 Å². The van der Waals surface area contributed by atoms with Crippen LogP contribution in [0.3, 0.4) is 0 Å². The van der Waals surface area contributed by atoms with Crippen LogP contribution in [0.25, 0.3) is 16.8 Å². The molecule has 0 spiro atoms. The first-order chi connectivity index (χ1) is 9.19. The van der Waals surface area contributed by atoms with Crippen LogP contribution in [0.2, 0.25) is 0 Å². The van der Waals surface area contributed by atoms with Crippen molar-refractivity contribution < 1.29 is 4.79 Å². The van der Waals surface area contributed by atoms with Crippen LogP contribution in [0, 0.1) is 13.8 Å². The van der Waals surface area contributed by atoms with Crippen LogP contribution in [-0.4, -0.2) is 15.7 Å². The van der Waals surface area contributed by atoms with Gasteiger partial charge in [-0.15, -0.1) is 0 Å². The van der Waals surface area contributed by atoms with Crippen molar-refractivity contribution in [2.45, 2.75) is 13.8 Å². The molecule has 0 fully saturated rings. The Morgan fingerprint density at radius 2 is 2.00 bits per heavy atom. The molecule has 0 N–H and O–H groups in total. The van der Waals surface area contributed by atoms with Crippen LogP contribution in [-0.2, 0) is 0 Å². The minimum absolute atomic E-state index is 0.571. The van der Waals surface area contributed by atoms with Gasteiger partial charge in [-0.05, 0) is 42.7 Å². The zero-order valence-electron chi connectivity index (χ0n) is 10.9. The number of aldehydes is 1. The number of imidazole rings is 1. The summed E-state index contributed by atoms with van der Waals surface area (Å²) >= 11 is 0. The summed E-state index contributed by atoms with van der Waals surface area (Å²) in [6.45, 7) is 4.18. The number of benzene rings is 1. The van der Waals surface area contributed by atoms with Crippen molar-refractivity contribution in [3.05, 3.63) is 59.5 Å². The zero-order valence-corrected chi connectivity index (χ0v) is 10.9. The Morgan fingerprint density at radius 1 is 1.16 bits per heavy atom. The normalized spacial score (nSPS) is 10.8. The maximum Gasteiger partial charge on any atom is 0.168 e. The van der Waals surface area contributed by atoms with E-state index in [1.165, 1.54) is 16.7 Å². The fourth-order valence-electron chi connectivity index (χ4n) is 2.38. The summed E-state index contributed by atoms with van der Waals surface area (Å²) < 4.78 is 1.82. The molecule has 0 radical (unpaired) electrons. The van der Waals surface area contributed by atoms with Crippen molar-refractivity contribution in [1.29, 1.82) is 0 Å². The summed E-state index contributed by atoms with van der Waals surface area (Å²) in [5, 5.41) is 0. The fraction of sp³-hybridized carbons (Fsp3) is 0.125. The highest BCUT2D eigenvalue weighted by molar-refractivity contribution is 5.75. The number of nitrogens with zero attached hydrogens (tertiary/aromatic N) is 2. The van der Waals surface area contributed by atoms with Crippen molar-refractivity contribution in [2.24, 2.45) is 0 Å². The van der Waals surface area contributed by atoms with Gasteiger partial charge in [0, 0.05) is 6.20 Å². The number of pyridine rings is 1. The summed E-state index contributed by atoms with van der Waals surface area (Å²) in [6.07, 6.45) is 4.38. The molecule has 2 aromatic heterocycles. The Morgan fingerprint density at radius 3 is 2.74 bits per heavy atom. The van der Waals surface area contributed by atoms with E-state index in [1.54, 1.807) is 6.20 Å². The van der Waals surface area contributed by atoms with Crippen molar-refractivity contribution in [2.75, 3.05) is 0 Å². The van der Waals surface area contributed by atoms with Crippen molar-refractivity contribution in [1.82, 2.24) is 9.38 Å². The lowest BCUT2D eigenvalue weighted by molar-refractivity contribution is 0.111. The molecule has 3 heteroatoms. The quantitative estimate of drug-likeness (QED) is 0.653. The lowest BCUT2D eigenvalue weighted by Gasteiger charge is -2.08. The number of aromatic nitrogens is 2. The number of aryl methyl sites for hydroxylation is 2. The molecule has 3 rings (SSSR count). The highest BCUT2D eigenvalue weighted by Crippen LogP contribution is 2.24. The smallest absolute Gasteiger partial charge is 0.168 e. The van der Waals surface area contributed by atoms with Gasteiger partial charge in [0.05, 0.1) is 6.20 Å². The van der Waals surface area contributed by atoms with E-state index < -0.39 is 0 Å². The van der Waals surface area contributed by atoms with Crippen molar-refractivity contribution in [3.8, 4) is 11.1 Å². The topological polar surface area (TPSA) is 34.4 Å². The van der Waals surface area contributed by atoms with E-state index in [-0.39, 0.29) is 0 Å². The molecular formula is C16H14N2O. The number of hydrogen-bond donors (Lipinski definition) is 0. The van der Waals surface area contributed by atoms with Gasteiger partial charge in [-0.3, -0.25) is 9.20 Å². The molecule has 0 aliphatic carbocycles. The molecule has 1 aromatic carbocycles. The largest absolute Gasteiger partial charge is 0.297 e. The SMILES string of the molecule is Cc1ccc(-c2ccc3ncc(C=O)n3c2)c(C)c1. The maximum atomic E-state index is 11.0. The van der Waals surface area contributed by atoms with Crippen LogP contribution in [0.5, 0.6) is 0 Å². The average molecular weight is 250 g/mol. The minimum Gasteiger partial charge on any atom is -0.297 e. The van der Waals surface area contributed by atoms with E-state index in [4.69, 9.17) is 0 Å². The molecular weight excluding hydrogens is 236 g/mol. The molecule has 3 nitrogen and oxygen atoms in total. The molecule has 0 amide bonds. The number of carbonyl (C=O) groups excluding carboxylic acids is 1. The second kappa shape index (κ2) is 4.35. The van der Waals surface area contributed by atoms with Gasteiger partial charge in [-0.25, -0.2) is 4.98 Å². The molecule has 0 saturated carbocycles. The van der Waals surface area contributed by atoms with E-state index in [9.17, 15) is 4.79 Å². The standard InChI is InChI=1S/C16H14N2O/c1-11-3-5-15(12(2)7-11)13-4-6-16-17-8-14(10-19)18(16)9-13/h3-10H,1-2H3. The molecule has 0 unspecified atom stereocenters. The lowest BCUT2D eigenvalue weighted by Crippen LogP contribution is -1.93. The van der Waals surface area contributed by atoms with Crippen LogP contribution in [0.1, 0.15) is 21.6 Å². The minimum atomic E-state index is 0.571. The summed E-state index contributed by atoms with van der Waals surface area (Å²) in [5.41, 5.74) is 6.10. The predicted octanol–water partition coefficient (Wildman–Crippen LogP) is 3.43. The molecule has 0 aliphatic heterocycles. The van der Waals surface area contributed by atoms with Gasteiger partial charge in [0.2, 0.25) is 0 Å². The molecule has 19 heavy (non-hydrogen) atoms. The summed E-state index contributed by atoms with van der Waals surface area (Å²) in [7, 11) is 0. The van der Waals surface area contributed by atoms with Gasteiger partial charge in [-0.1, -0.05) is 23.8 Å².